The number of halogens is 2. The minimum Gasteiger partial charge on any atom is -0.480 e. The molecule has 0 radical (unpaired) electrons. The van der Waals surface area contributed by atoms with Crippen LogP contribution in [0.25, 0.3) is 0 Å². The van der Waals surface area contributed by atoms with Crippen LogP contribution in [-0.2, 0) is 10.0 Å². The molecule has 2 rings (SSSR count). The summed E-state index contributed by atoms with van der Waals surface area (Å²) in [5.41, 5.74) is 0. The van der Waals surface area contributed by atoms with Gasteiger partial charge in [0.15, 0.2) is 0 Å². The smallest absolute Gasteiger partial charge is 0.264 e. The van der Waals surface area contributed by atoms with Crippen molar-refractivity contribution in [2.45, 2.75) is 4.90 Å². The summed E-state index contributed by atoms with van der Waals surface area (Å²) < 4.78 is 32.2. The Morgan fingerprint density at radius 2 is 2.10 bits per heavy atom. The summed E-state index contributed by atoms with van der Waals surface area (Å²) in [7, 11) is -2.62. The fourth-order valence-corrected chi connectivity index (χ4v) is 3.40. The van der Waals surface area contributed by atoms with Gasteiger partial charge in [-0.3, -0.25) is 4.72 Å². The summed E-state index contributed by atoms with van der Waals surface area (Å²) in [6, 6.07) is 4.29. The fourth-order valence-electron chi connectivity index (χ4n) is 1.48. The van der Waals surface area contributed by atoms with Gasteiger partial charge in [-0.1, -0.05) is 41.5 Å². The molecule has 0 atom stereocenters. The molecule has 2 aromatic rings. The fraction of sp³-hybridized carbons (Fsp3) is 0.0909. The molecule has 0 saturated heterocycles. The van der Waals surface area contributed by atoms with Gasteiger partial charge < -0.3 is 9.72 Å². The lowest BCUT2D eigenvalue weighted by Crippen LogP contribution is -2.15. The largest absolute Gasteiger partial charge is 0.480 e. The van der Waals surface area contributed by atoms with E-state index in [2.05, 4.69) is 14.7 Å². The molecule has 0 bridgehead atoms. The zero-order chi connectivity index (χ0) is 15.6. The molecule has 0 saturated carbocycles. The third kappa shape index (κ3) is 3.46. The van der Waals surface area contributed by atoms with Crippen LogP contribution in [-0.4, -0.2) is 25.5 Å². The number of rotatable bonds is 4. The topological polar surface area (TPSA) is 84.1 Å². The highest BCUT2D eigenvalue weighted by atomic mass is 35.5. The molecule has 6 nitrogen and oxygen atoms in total. The first-order valence-electron chi connectivity index (χ1n) is 5.45. The number of hydrogen-bond acceptors (Lipinski definition) is 5. The summed E-state index contributed by atoms with van der Waals surface area (Å²) in [4.78, 5) is 6.39. The number of anilines is 1. The summed E-state index contributed by atoms with van der Waals surface area (Å²) in [5.74, 6) is 0.0476. The van der Waals surface area contributed by atoms with Crippen LogP contribution in [0, 0.1) is 4.64 Å². The van der Waals surface area contributed by atoms with Crippen LogP contribution in [0.5, 0.6) is 5.88 Å². The third-order valence-electron chi connectivity index (χ3n) is 2.40. The van der Waals surface area contributed by atoms with Crippen molar-refractivity contribution < 1.29 is 13.2 Å². The van der Waals surface area contributed by atoms with Gasteiger partial charge in [-0.25, -0.2) is 13.4 Å². The van der Waals surface area contributed by atoms with E-state index in [4.69, 9.17) is 40.2 Å². The number of aromatic amines is 1. The summed E-state index contributed by atoms with van der Waals surface area (Å²) in [5, 5.41) is 0.0569. The first-order chi connectivity index (χ1) is 9.85. The number of nitrogens with one attached hydrogen (secondary N) is 2. The molecular weight excluding hydrogens is 357 g/mol. The number of ether oxygens (including phenoxy) is 1. The van der Waals surface area contributed by atoms with Crippen LogP contribution in [0.1, 0.15) is 0 Å². The molecule has 0 aliphatic heterocycles. The second-order valence-electron chi connectivity index (χ2n) is 3.79. The number of H-pyrrole nitrogens is 1. The van der Waals surface area contributed by atoms with Crippen LogP contribution in [0.2, 0.25) is 10.0 Å². The van der Waals surface area contributed by atoms with E-state index in [0.29, 0.717) is 4.64 Å². The van der Waals surface area contributed by atoms with E-state index in [-0.39, 0.29) is 26.6 Å². The van der Waals surface area contributed by atoms with Crippen LogP contribution >= 0.6 is 35.4 Å². The van der Waals surface area contributed by atoms with Crippen molar-refractivity contribution >= 4 is 51.3 Å². The Hall–Kier alpha value is -1.35. The Morgan fingerprint density at radius 1 is 1.38 bits per heavy atom. The van der Waals surface area contributed by atoms with Crippen molar-refractivity contribution in [3.63, 3.8) is 0 Å². The van der Waals surface area contributed by atoms with Crippen molar-refractivity contribution in [2.75, 3.05) is 11.8 Å². The number of sulfonamides is 1. The molecule has 0 amide bonds. The second-order valence-corrected chi connectivity index (χ2v) is 6.66. The minimum atomic E-state index is -3.97. The Morgan fingerprint density at radius 3 is 2.76 bits per heavy atom. The van der Waals surface area contributed by atoms with Crippen molar-refractivity contribution in [3.05, 3.63) is 39.1 Å². The van der Waals surface area contributed by atoms with E-state index >= 15 is 0 Å². The van der Waals surface area contributed by atoms with Crippen LogP contribution in [0.15, 0.2) is 29.3 Å². The van der Waals surface area contributed by atoms with Gasteiger partial charge in [0.1, 0.15) is 9.54 Å². The van der Waals surface area contributed by atoms with Crippen LogP contribution in [0.3, 0.4) is 0 Å². The molecule has 2 N–H and O–H groups in total. The standard InChI is InChI=1S/C11H9Cl2N3O3S2/c1-19-11-10(14-5-8(20)15-11)16-21(17,18)7-4-2-3-6(12)9(7)13/h2-5H,1H3,(H,14,16)(H,15,20). The first-order valence-corrected chi connectivity index (χ1v) is 8.10. The van der Waals surface area contributed by atoms with Gasteiger partial charge in [-0.2, -0.15) is 0 Å². The minimum absolute atomic E-state index is 0.0397. The molecular formula is C11H9Cl2N3O3S2. The van der Waals surface area contributed by atoms with Gasteiger partial charge >= 0.3 is 0 Å². The molecule has 112 valence electrons. The lowest BCUT2D eigenvalue weighted by Gasteiger charge is -2.11. The van der Waals surface area contributed by atoms with Crippen LogP contribution in [0.4, 0.5) is 5.82 Å². The molecule has 0 unspecified atom stereocenters. The Balaban J connectivity index is 2.47. The maximum atomic E-state index is 12.3. The van der Waals surface area contributed by atoms with Crippen LogP contribution < -0.4 is 9.46 Å². The monoisotopic (exact) mass is 365 g/mol. The molecule has 0 aliphatic carbocycles. The zero-order valence-electron chi connectivity index (χ0n) is 10.6. The Kier molecular flexibility index (Phi) is 4.72. The van der Waals surface area contributed by atoms with Gasteiger partial charge in [0.2, 0.25) is 11.7 Å². The first kappa shape index (κ1) is 16.0. The van der Waals surface area contributed by atoms with Gasteiger partial charge in [0, 0.05) is 0 Å². The van der Waals surface area contributed by atoms with Gasteiger partial charge in [0.25, 0.3) is 10.0 Å². The van der Waals surface area contributed by atoms with Crippen molar-refractivity contribution in [1.82, 2.24) is 9.97 Å². The Labute approximate surface area is 136 Å². The quantitative estimate of drug-likeness (QED) is 0.812. The average Bonchev–Trinajstić information content (AvgIpc) is 2.43. The predicted molar refractivity (Wildman–Crippen MR) is 83.2 cm³/mol. The summed E-state index contributed by atoms with van der Waals surface area (Å²) >= 11 is 16.6. The molecule has 1 aromatic heterocycles. The average molecular weight is 366 g/mol. The second kappa shape index (κ2) is 6.18. The van der Waals surface area contributed by atoms with E-state index in [1.165, 1.54) is 31.5 Å². The van der Waals surface area contributed by atoms with E-state index in [1.807, 2.05) is 0 Å². The third-order valence-corrected chi connectivity index (χ3v) is 4.92. The summed E-state index contributed by atoms with van der Waals surface area (Å²) in [6.45, 7) is 0. The van der Waals surface area contributed by atoms with E-state index in [0.717, 1.165) is 0 Å². The molecule has 10 heteroatoms. The highest BCUT2D eigenvalue weighted by molar-refractivity contribution is 7.92. The molecule has 1 aromatic carbocycles. The number of hydrogen-bond donors (Lipinski definition) is 2. The number of aromatic nitrogens is 2. The molecule has 21 heavy (non-hydrogen) atoms. The number of methoxy groups -OCH3 is 1. The molecule has 0 spiro atoms. The highest BCUT2D eigenvalue weighted by Crippen LogP contribution is 2.30. The van der Waals surface area contributed by atoms with E-state index in [1.54, 1.807) is 0 Å². The van der Waals surface area contributed by atoms with Crippen molar-refractivity contribution in [2.24, 2.45) is 0 Å². The lowest BCUT2D eigenvalue weighted by atomic mass is 10.4. The zero-order valence-corrected chi connectivity index (χ0v) is 13.7. The maximum Gasteiger partial charge on any atom is 0.264 e. The number of nitrogens with zero attached hydrogens (tertiary/aromatic N) is 1. The van der Waals surface area contributed by atoms with Gasteiger partial charge in [-0.05, 0) is 12.1 Å². The predicted octanol–water partition coefficient (Wildman–Crippen LogP) is 3.26. The maximum absolute atomic E-state index is 12.3. The molecule has 0 aliphatic rings. The molecule has 0 fully saturated rings. The van der Waals surface area contributed by atoms with Crippen molar-refractivity contribution in [3.8, 4) is 5.88 Å². The van der Waals surface area contributed by atoms with E-state index < -0.39 is 10.0 Å². The van der Waals surface area contributed by atoms with Gasteiger partial charge in [-0.15, -0.1) is 0 Å². The van der Waals surface area contributed by atoms with Crippen molar-refractivity contribution in [1.29, 1.82) is 0 Å². The SMILES string of the molecule is COc1[nH]c(=S)cnc1NS(=O)(=O)c1cccc(Cl)c1Cl. The number of benzene rings is 1. The highest BCUT2D eigenvalue weighted by Gasteiger charge is 2.22. The normalized spacial score (nSPS) is 11.2. The van der Waals surface area contributed by atoms with Gasteiger partial charge in [0.05, 0.1) is 23.4 Å². The lowest BCUT2D eigenvalue weighted by molar-refractivity contribution is 0.398. The van der Waals surface area contributed by atoms with E-state index in [9.17, 15) is 8.42 Å². The molecule has 1 heterocycles. The summed E-state index contributed by atoms with van der Waals surface area (Å²) in [6.07, 6.45) is 1.29. The Bertz CT molecular complexity index is 837.